The topological polar surface area (TPSA) is 87.2 Å². The third-order valence-corrected chi connectivity index (χ3v) is 6.44. The van der Waals surface area contributed by atoms with Crippen molar-refractivity contribution in [1.82, 2.24) is 25.5 Å². The number of likely N-dealkylation sites (tertiary alicyclic amines) is 1. The number of carbonyl (C=O) groups excluding carboxylic acids is 2. The molecule has 2 aliphatic rings. The molecule has 7 heteroatoms. The molecule has 2 fully saturated rings. The van der Waals surface area contributed by atoms with Crippen LogP contribution in [0, 0.1) is 0 Å². The summed E-state index contributed by atoms with van der Waals surface area (Å²) in [5, 5.41) is 5.72. The van der Waals surface area contributed by atoms with Crippen molar-refractivity contribution in [1.29, 1.82) is 0 Å². The zero-order chi connectivity index (χ0) is 21.6. The van der Waals surface area contributed by atoms with Crippen molar-refractivity contribution >= 4 is 11.8 Å². The summed E-state index contributed by atoms with van der Waals surface area (Å²) in [4.78, 5) is 36.4. The lowest BCUT2D eigenvalue weighted by Crippen LogP contribution is -2.60. The molecule has 164 valence electrons. The van der Waals surface area contributed by atoms with Crippen LogP contribution in [0.3, 0.4) is 0 Å². The van der Waals surface area contributed by atoms with Gasteiger partial charge in [0.1, 0.15) is 0 Å². The van der Waals surface area contributed by atoms with Gasteiger partial charge in [0.25, 0.3) is 5.91 Å². The maximum Gasteiger partial charge on any atom is 0.254 e. The molecule has 1 aliphatic heterocycles. The quantitative estimate of drug-likeness (QED) is 0.718. The predicted molar refractivity (Wildman–Crippen MR) is 120 cm³/mol. The molecule has 0 bridgehead atoms. The Bertz CT molecular complexity index is 911. The van der Waals surface area contributed by atoms with Crippen LogP contribution in [0.1, 0.15) is 54.6 Å². The van der Waals surface area contributed by atoms with E-state index in [1.54, 1.807) is 13.2 Å². The molecule has 2 amide bonds. The lowest BCUT2D eigenvalue weighted by molar-refractivity contribution is -0.133. The molecule has 1 saturated heterocycles. The molecule has 1 aromatic carbocycles. The largest absolute Gasteiger partial charge is 0.355 e. The van der Waals surface area contributed by atoms with Gasteiger partial charge in [-0.1, -0.05) is 49.6 Å². The SMILES string of the molecule is CNC(=O)c1cnc(-c2ccccc2)nc1CCNC(=O)C1CCN1C1CCCCC1. The molecule has 4 rings (SSSR count). The van der Waals surface area contributed by atoms with Gasteiger partial charge in [-0.3, -0.25) is 14.5 Å². The van der Waals surface area contributed by atoms with Gasteiger partial charge < -0.3 is 10.6 Å². The van der Waals surface area contributed by atoms with E-state index in [1.807, 2.05) is 30.3 Å². The first-order chi connectivity index (χ1) is 15.2. The maximum atomic E-state index is 12.8. The zero-order valence-corrected chi connectivity index (χ0v) is 18.1. The van der Waals surface area contributed by atoms with Crippen LogP contribution in [-0.4, -0.2) is 58.9 Å². The van der Waals surface area contributed by atoms with E-state index in [0.29, 0.717) is 36.1 Å². The predicted octanol–water partition coefficient (Wildman–Crippen LogP) is 2.57. The van der Waals surface area contributed by atoms with Crippen molar-refractivity contribution in [3.8, 4) is 11.4 Å². The molecule has 31 heavy (non-hydrogen) atoms. The lowest BCUT2D eigenvalue weighted by Gasteiger charge is -2.46. The first kappa shape index (κ1) is 21.4. The molecule has 2 heterocycles. The van der Waals surface area contributed by atoms with E-state index in [4.69, 9.17) is 0 Å². The summed E-state index contributed by atoms with van der Waals surface area (Å²) in [5.74, 6) is 0.455. The van der Waals surface area contributed by atoms with Gasteiger partial charge in [0.2, 0.25) is 5.91 Å². The van der Waals surface area contributed by atoms with Gasteiger partial charge in [-0.05, 0) is 19.3 Å². The van der Waals surface area contributed by atoms with Gasteiger partial charge >= 0.3 is 0 Å². The molecule has 2 aromatic rings. The van der Waals surface area contributed by atoms with Gasteiger partial charge in [0.05, 0.1) is 17.3 Å². The first-order valence-corrected chi connectivity index (χ1v) is 11.3. The number of hydrogen-bond acceptors (Lipinski definition) is 5. The molecule has 1 unspecified atom stereocenters. The highest BCUT2D eigenvalue weighted by Gasteiger charge is 2.38. The summed E-state index contributed by atoms with van der Waals surface area (Å²) < 4.78 is 0. The van der Waals surface area contributed by atoms with Crippen molar-refractivity contribution in [2.75, 3.05) is 20.1 Å². The zero-order valence-electron chi connectivity index (χ0n) is 18.1. The highest BCUT2D eigenvalue weighted by molar-refractivity contribution is 5.95. The van der Waals surface area contributed by atoms with Crippen LogP contribution in [0.5, 0.6) is 0 Å². The Kier molecular flexibility index (Phi) is 6.92. The molecule has 2 N–H and O–H groups in total. The van der Waals surface area contributed by atoms with E-state index >= 15 is 0 Å². The molecule has 1 aromatic heterocycles. The second-order valence-corrected chi connectivity index (χ2v) is 8.37. The summed E-state index contributed by atoms with van der Waals surface area (Å²) in [7, 11) is 1.59. The van der Waals surface area contributed by atoms with Gasteiger partial charge in [-0.15, -0.1) is 0 Å². The van der Waals surface area contributed by atoms with Crippen LogP contribution < -0.4 is 10.6 Å². The minimum absolute atomic E-state index is 0.00760. The fourth-order valence-corrected chi connectivity index (χ4v) is 4.62. The average molecular weight is 422 g/mol. The van der Waals surface area contributed by atoms with Crippen molar-refractivity contribution in [2.45, 2.75) is 57.0 Å². The Morgan fingerprint density at radius 1 is 1.10 bits per heavy atom. The second kappa shape index (κ2) is 10.0. The fraction of sp³-hybridized carbons (Fsp3) is 0.500. The minimum atomic E-state index is -0.219. The maximum absolute atomic E-state index is 12.8. The van der Waals surface area contributed by atoms with Gasteiger partial charge in [0.15, 0.2) is 5.82 Å². The molecular weight excluding hydrogens is 390 g/mol. The first-order valence-electron chi connectivity index (χ1n) is 11.3. The molecule has 0 spiro atoms. The number of nitrogens with one attached hydrogen (secondary N) is 2. The lowest BCUT2D eigenvalue weighted by atomic mass is 9.89. The van der Waals surface area contributed by atoms with E-state index in [2.05, 4.69) is 25.5 Å². The Morgan fingerprint density at radius 3 is 2.55 bits per heavy atom. The Hall–Kier alpha value is -2.80. The number of aromatic nitrogens is 2. The smallest absolute Gasteiger partial charge is 0.254 e. The second-order valence-electron chi connectivity index (χ2n) is 8.37. The molecule has 1 atom stereocenters. The summed E-state index contributed by atoms with van der Waals surface area (Å²) in [5.41, 5.74) is 1.99. The molecule has 1 aliphatic carbocycles. The van der Waals surface area contributed by atoms with E-state index in [1.165, 1.54) is 32.1 Å². The van der Waals surface area contributed by atoms with Gasteiger partial charge in [-0.2, -0.15) is 0 Å². The molecule has 7 nitrogen and oxygen atoms in total. The van der Waals surface area contributed by atoms with E-state index in [-0.39, 0.29) is 17.9 Å². The average Bonchev–Trinajstić information content (AvgIpc) is 2.79. The summed E-state index contributed by atoms with van der Waals surface area (Å²) >= 11 is 0. The number of amides is 2. The van der Waals surface area contributed by atoms with Gasteiger partial charge in [-0.25, -0.2) is 9.97 Å². The molecular formula is C24H31N5O2. The van der Waals surface area contributed by atoms with E-state index in [9.17, 15) is 9.59 Å². The van der Waals surface area contributed by atoms with Gasteiger partial charge in [0, 0.05) is 44.4 Å². The van der Waals surface area contributed by atoms with Crippen LogP contribution in [-0.2, 0) is 11.2 Å². The van der Waals surface area contributed by atoms with Crippen LogP contribution in [0.4, 0.5) is 0 Å². The Labute approximate surface area is 183 Å². The van der Waals surface area contributed by atoms with Crippen LogP contribution in [0.15, 0.2) is 36.5 Å². The number of hydrogen-bond donors (Lipinski definition) is 2. The number of benzene rings is 1. The van der Waals surface area contributed by atoms with Crippen molar-refractivity contribution < 1.29 is 9.59 Å². The fourth-order valence-electron chi connectivity index (χ4n) is 4.62. The van der Waals surface area contributed by atoms with Crippen LogP contribution in [0.2, 0.25) is 0 Å². The highest BCUT2D eigenvalue weighted by Crippen LogP contribution is 2.30. The van der Waals surface area contributed by atoms with Crippen molar-refractivity contribution in [3.05, 3.63) is 47.8 Å². The number of carbonyl (C=O) groups is 2. The monoisotopic (exact) mass is 421 g/mol. The summed E-state index contributed by atoms with van der Waals surface area (Å²) in [6.07, 6.45) is 9.26. The van der Waals surface area contributed by atoms with Crippen molar-refractivity contribution in [2.24, 2.45) is 0 Å². The normalized spacial score (nSPS) is 19.5. The van der Waals surface area contributed by atoms with Crippen LogP contribution in [0.25, 0.3) is 11.4 Å². The Morgan fingerprint density at radius 2 is 1.87 bits per heavy atom. The third kappa shape index (κ3) is 4.93. The van der Waals surface area contributed by atoms with E-state index in [0.717, 1.165) is 18.5 Å². The van der Waals surface area contributed by atoms with E-state index < -0.39 is 0 Å². The molecule has 0 radical (unpaired) electrons. The number of nitrogens with zero attached hydrogens (tertiary/aromatic N) is 3. The highest BCUT2D eigenvalue weighted by atomic mass is 16.2. The Balaban J connectivity index is 1.40. The molecule has 1 saturated carbocycles. The standard InChI is InChI=1S/C24H31N5O2/c1-25-23(30)19-16-27-22(17-8-4-2-5-9-17)28-20(19)12-14-26-24(31)21-13-15-29(21)18-10-6-3-7-11-18/h2,4-5,8-9,16,18,21H,3,6-7,10-15H2,1H3,(H,25,30)(H,26,31). The summed E-state index contributed by atoms with van der Waals surface area (Å²) in [6, 6.07) is 10.2. The number of rotatable bonds is 7. The third-order valence-electron chi connectivity index (χ3n) is 6.44. The van der Waals surface area contributed by atoms with Crippen molar-refractivity contribution in [3.63, 3.8) is 0 Å². The summed E-state index contributed by atoms with van der Waals surface area (Å²) in [6.45, 7) is 1.47. The minimum Gasteiger partial charge on any atom is -0.355 e. The van der Waals surface area contributed by atoms with Crippen LogP contribution >= 0.6 is 0 Å².